The number of halogens is 2. The molecular formula is C20H17ClFN5OS. The molecular weight excluding hydrogens is 413 g/mol. The Morgan fingerprint density at radius 3 is 2.83 bits per heavy atom. The molecule has 0 amide bonds. The number of aryl methyl sites for hydroxylation is 2. The van der Waals surface area contributed by atoms with Gasteiger partial charge >= 0.3 is 0 Å². The molecule has 2 aromatic carbocycles. The van der Waals surface area contributed by atoms with Gasteiger partial charge in [0.1, 0.15) is 17.9 Å². The first kappa shape index (κ1) is 19.5. The van der Waals surface area contributed by atoms with Gasteiger partial charge in [-0.3, -0.25) is 0 Å². The van der Waals surface area contributed by atoms with Gasteiger partial charge in [-0.25, -0.2) is 19.3 Å². The van der Waals surface area contributed by atoms with Crippen LogP contribution in [0.2, 0.25) is 5.02 Å². The van der Waals surface area contributed by atoms with Crippen molar-refractivity contribution in [3.8, 4) is 5.75 Å². The smallest absolute Gasteiger partial charge is 0.175 e. The first-order valence-corrected chi connectivity index (χ1v) is 9.97. The Kier molecular flexibility index (Phi) is 5.55. The van der Waals surface area contributed by atoms with Gasteiger partial charge in [0.2, 0.25) is 0 Å². The standard InChI is InChI=1S/C20H17ClFN5OS/c1-28-15-7-6-13(22)10-16(15)29-20-26-17-18(23)24-11-25-19(17)27(20)9-8-12-4-2-3-5-14(12)21/h2-7,10-11H,8-9H2,1H3,(H2,23,24,25). The quantitative estimate of drug-likeness (QED) is 0.482. The number of imidazole rings is 1. The molecule has 0 saturated carbocycles. The molecule has 0 spiro atoms. The second-order valence-corrected chi connectivity index (χ2v) is 7.63. The van der Waals surface area contributed by atoms with Crippen molar-refractivity contribution in [3.05, 3.63) is 65.2 Å². The van der Waals surface area contributed by atoms with Gasteiger partial charge in [0.15, 0.2) is 22.1 Å². The lowest BCUT2D eigenvalue weighted by atomic mass is 10.1. The normalized spacial score (nSPS) is 11.1. The topological polar surface area (TPSA) is 78.8 Å². The summed E-state index contributed by atoms with van der Waals surface area (Å²) in [6.45, 7) is 0.566. The number of methoxy groups -OCH3 is 1. The number of anilines is 1. The van der Waals surface area contributed by atoms with E-state index in [-0.39, 0.29) is 5.82 Å². The molecule has 4 aromatic rings. The fraction of sp³-hybridized carbons (Fsp3) is 0.150. The molecule has 9 heteroatoms. The number of benzene rings is 2. The van der Waals surface area contributed by atoms with Crippen molar-refractivity contribution in [3.63, 3.8) is 0 Å². The highest BCUT2D eigenvalue weighted by Crippen LogP contribution is 2.37. The molecule has 4 rings (SSSR count). The number of rotatable bonds is 6. The Labute approximate surface area is 175 Å². The monoisotopic (exact) mass is 429 g/mol. The lowest BCUT2D eigenvalue weighted by molar-refractivity contribution is 0.403. The second-order valence-electron chi connectivity index (χ2n) is 6.22. The highest BCUT2D eigenvalue weighted by atomic mass is 35.5. The highest BCUT2D eigenvalue weighted by Gasteiger charge is 2.18. The third-order valence-corrected chi connectivity index (χ3v) is 5.82. The molecule has 2 aromatic heterocycles. The molecule has 0 radical (unpaired) electrons. The molecule has 2 heterocycles. The first-order chi connectivity index (χ1) is 14.1. The minimum Gasteiger partial charge on any atom is -0.496 e. The maximum absolute atomic E-state index is 13.8. The predicted molar refractivity (Wildman–Crippen MR) is 112 cm³/mol. The van der Waals surface area contributed by atoms with E-state index in [4.69, 9.17) is 22.1 Å². The van der Waals surface area contributed by atoms with Crippen molar-refractivity contribution < 1.29 is 9.13 Å². The van der Waals surface area contributed by atoms with Gasteiger partial charge in [-0.1, -0.05) is 29.8 Å². The first-order valence-electron chi connectivity index (χ1n) is 8.78. The van der Waals surface area contributed by atoms with Crippen LogP contribution in [0.5, 0.6) is 5.75 Å². The van der Waals surface area contributed by atoms with E-state index in [9.17, 15) is 4.39 Å². The molecule has 0 unspecified atom stereocenters. The van der Waals surface area contributed by atoms with Gasteiger partial charge in [-0.15, -0.1) is 0 Å². The summed E-state index contributed by atoms with van der Waals surface area (Å²) >= 11 is 7.58. The van der Waals surface area contributed by atoms with Crippen molar-refractivity contribution in [2.45, 2.75) is 23.0 Å². The minimum absolute atomic E-state index is 0.291. The second kappa shape index (κ2) is 8.26. The molecule has 0 saturated heterocycles. The molecule has 2 N–H and O–H groups in total. The summed E-state index contributed by atoms with van der Waals surface area (Å²) in [6.07, 6.45) is 2.07. The van der Waals surface area contributed by atoms with Crippen LogP contribution in [-0.2, 0) is 13.0 Å². The summed E-state index contributed by atoms with van der Waals surface area (Å²) in [7, 11) is 1.54. The molecule has 148 valence electrons. The van der Waals surface area contributed by atoms with Crippen LogP contribution in [0, 0.1) is 5.82 Å². The predicted octanol–water partition coefficient (Wildman–Crippen LogP) is 4.60. The third kappa shape index (κ3) is 3.99. The van der Waals surface area contributed by atoms with E-state index in [2.05, 4.69) is 15.0 Å². The average Bonchev–Trinajstić information content (AvgIpc) is 3.06. The summed E-state index contributed by atoms with van der Waals surface area (Å²) in [5.41, 5.74) is 8.13. The van der Waals surface area contributed by atoms with Gasteiger partial charge in [0.25, 0.3) is 0 Å². The van der Waals surface area contributed by atoms with E-state index in [1.165, 1.54) is 30.2 Å². The summed E-state index contributed by atoms with van der Waals surface area (Å²) in [5.74, 6) is 0.492. The largest absolute Gasteiger partial charge is 0.496 e. The van der Waals surface area contributed by atoms with Gasteiger partial charge in [-0.2, -0.15) is 0 Å². The van der Waals surface area contributed by atoms with E-state index < -0.39 is 0 Å². The summed E-state index contributed by atoms with van der Waals surface area (Å²) in [5, 5.41) is 1.32. The third-order valence-electron chi connectivity index (χ3n) is 4.41. The van der Waals surface area contributed by atoms with Gasteiger partial charge in [-0.05, 0) is 48.0 Å². The fourth-order valence-corrected chi connectivity index (χ4v) is 4.25. The lowest BCUT2D eigenvalue weighted by Crippen LogP contribution is -2.05. The van der Waals surface area contributed by atoms with Crippen molar-refractivity contribution in [2.24, 2.45) is 0 Å². The van der Waals surface area contributed by atoms with E-state index >= 15 is 0 Å². The number of fused-ring (bicyclic) bond motifs is 1. The Balaban J connectivity index is 1.75. The minimum atomic E-state index is -0.355. The maximum Gasteiger partial charge on any atom is 0.175 e. The zero-order valence-corrected chi connectivity index (χ0v) is 17.0. The van der Waals surface area contributed by atoms with Gasteiger partial charge in [0, 0.05) is 11.6 Å². The van der Waals surface area contributed by atoms with Crippen LogP contribution >= 0.6 is 23.4 Å². The Hall–Kier alpha value is -2.84. The fourth-order valence-electron chi connectivity index (χ4n) is 2.98. The molecule has 6 nitrogen and oxygen atoms in total. The summed E-state index contributed by atoms with van der Waals surface area (Å²) < 4.78 is 21.1. The molecule has 0 aliphatic rings. The van der Waals surface area contributed by atoms with Crippen LogP contribution in [0.15, 0.2) is 58.8 Å². The number of nitrogen functional groups attached to an aromatic ring is 1. The molecule has 0 aliphatic heterocycles. The zero-order chi connectivity index (χ0) is 20.4. The van der Waals surface area contributed by atoms with Crippen LogP contribution in [0.4, 0.5) is 10.2 Å². The van der Waals surface area contributed by atoms with E-state index in [0.717, 1.165) is 5.56 Å². The van der Waals surface area contributed by atoms with Crippen molar-refractivity contribution >= 4 is 40.3 Å². The Morgan fingerprint density at radius 1 is 1.21 bits per heavy atom. The summed E-state index contributed by atoms with van der Waals surface area (Å²) in [6, 6.07) is 12.0. The maximum atomic E-state index is 13.8. The number of nitrogens with zero attached hydrogens (tertiary/aromatic N) is 4. The van der Waals surface area contributed by atoms with Crippen LogP contribution in [0.3, 0.4) is 0 Å². The van der Waals surface area contributed by atoms with Crippen molar-refractivity contribution in [2.75, 3.05) is 12.8 Å². The number of hydrogen-bond acceptors (Lipinski definition) is 6. The van der Waals surface area contributed by atoms with Gasteiger partial charge < -0.3 is 15.0 Å². The molecule has 0 bridgehead atoms. The number of aromatic nitrogens is 4. The Bertz CT molecular complexity index is 1180. The molecule has 29 heavy (non-hydrogen) atoms. The average molecular weight is 430 g/mol. The van der Waals surface area contributed by atoms with E-state index in [1.807, 2.05) is 28.8 Å². The van der Waals surface area contributed by atoms with Crippen LogP contribution in [0.1, 0.15) is 5.56 Å². The zero-order valence-electron chi connectivity index (χ0n) is 15.5. The molecule has 0 atom stereocenters. The number of ether oxygens (including phenoxy) is 1. The molecule has 0 aliphatic carbocycles. The summed E-state index contributed by atoms with van der Waals surface area (Å²) in [4.78, 5) is 13.6. The molecule has 0 fully saturated rings. The van der Waals surface area contributed by atoms with E-state index in [0.29, 0.717) is 50.8 Å². The number of nitrogens with two attached hydrogens (primary N) is 1. The van der Waals surface area contributed by atoms with Crippen molar-refractivity contribution in [1.82, 2.24) is 19.5 Å². The van der Waals surface area contributed by atoms with Crippen LogP contribution < -0.4 is 10.5 Å². The highest BCUT2D eigenvalue weighted by molar-refractivity contribution is 7.99. The lowest BCUT2D eigenvalue weighted by Gasteiger charge is -2.11. The SMILES string of the molecule is COc1ccc(F)cc1Sc1nc2c(N)ncnc2n1CCc1ccccc1Cl. The van der Waals surface area contributed by atoms with Crippen LogP contribution in [0.25, 0.3) is 11.2 Å². The van der Waals surface area contributed by atoms with Gasteiger partial charge in [0.05, 0.1) is 12.0 Å². The van der Waals surface area contributed by atoms with Crippen LogP contribution in [-0.4, -0.2) is 26.6 Å². The Morgan fingerprint density at radius 2 is 2.03 bits per heavy atom. The van der Waals surface area contributed by atoms with Crippen molar-refractivity contribution in [1.29, 1.82) is 0 Å². The van der Waals surface area contributed by atoms with E-state index in [1.54, 1.807) is 13.2 Å². The number of hydrogen-bond donors (Lipinski definition) is 1.